The molecule has 0 amide bonds. The van der Waals surface area contributed by atoms with Crippen LogP contribution in [0.5, 0.6) is 5.75 Å². The molecule has 2 rings (SSSR count). The first-order valence-electron chi connectivity index (χ1n) is 7.97. The molecule has 0 aromatic heterocycles. The smallest absolute Gasteiger partial charge is 0.188 e. The number of para-hydroxylation sites is 1. The summed E-state index contributed by atoms with van der Waals surface area (Å²) in [4.78, 5) is 11.9. The van der Waals surface area contributed by atoms with E-state index >= 15 is 0 Å². The van der Waals surface area contributed by atoms with E-state index in [1.54, 1.807) is 14.0 Å². The van der Waals surface area contributed by atoms with Crippen LogP contribution in [0.15, 0.2) is 42.5 Å². The second kappa shape index (κ2) is 8.06. The lowest BCUT2D eigenvalue weighted by Gasteiger charge is -2.23. The van der Waals surface area contributed by atoms with Crippen LogP contribution in [0, 0.1) is 0 Å². The molecule has 1 unspecified atom stereocenters. The highest BCUT2D eigenvalue weighted by Crippen LogP contribution is 2.22. The molecular formula is C19H25O3PSi. The Morgan fingerprint density at radius 3 is 2.33 bits per heavy atom. The summed E-state index contributed by atoms with van der Waals surface area (Å²) in [6, 6.07) is 14.1. The van der Waals surface area contributed by atoms with Gasteiger partial charge in [-0.1, -0.05) is 70.7 Å². The van der Waals surface area contributed by atoms with Gasteiger partial charge in [-0.2, -0.15) is 0 Å². The fourth-order valence-electron chi connectivity index (χ4n) is 2.54. The molecule has 128 valence electrons. The van der Waals surface area contributed by atoms with E-state index < -0.39 is 8.07 Å². The number of Topliss-reactive ketones (excluding diaryl/α,β-unsaturated/α-hetero) is 1. The highest BCUT2D eigenvalue weighted by molar-refractivity contribution is 7.56. The zero-order valence-corrected chi connectivity index (χ0v) is 17.0. The summed E-state index contributed by atoms with van der Waals surface area (Å²) < 4.78 is 11.1. The third kappa shape index (κ3) is 4.53. The Bertz CT molecular complexity index is 723. The van der Waals surface area contributed by atoms with Gasteiger partial charge in [-0.3, -0.25) is 4.79 Å². The van der Waals surface area contributed by atoms with Crippen LogP contribution in [-0.2, 0) is 4.74 Å². The van der Waals surface area contributed by atoms with Crippen molar-refractivity contribution in [1.82, 2.24) is 0 Å². The highest BCUT2D eigenvalue weighted by atomic mass is 31.1. The quantitative estimate of drug-likeness (QED) is 0.329. The summed E-state index contributed by atoms with van der Waals surface area (Å²) in [5.41, 5.74) is 0.784. The van der Waals surface area contributed by atoms with Crippen LogP contribution >= 0.6 is 8.58 Å². The Morgan fingerprint density at radius 2 is 1.71 bits per heavy atom. The van der Waals surface area contributed by atoms with Crippen LogP contribution in [0.3, 0.4) is 0 Å². The predicted molar refractivity (Wildman–Crippen MR) is 106 cm³/mol. The van der Waals surface area contributed by atoms with Crippen molar-refractivity contribution in [2.24, 2.45) is 0 Å². The van der Waals surface area contributed by atoms with Gasteiger partial charge >= 0.3 is 0 Å². The fraction of sp³-hybridized carbons (Fsp3) is 0.316. The number of methoxy groups -OCH3 is 1. The lowest BCUT2D eigenvalue weighted by atomic mass is 10.1. The first kappa shape index (κ1) is 18.8. The maximum absolute atomic E-state index is 11.9. The van der Waals surface area contributed by atoms with Crippen LogP contribution in [0.1, 0.15) is 17.3 Å². The second-order valence-electron chi connectivity index (χ2n) is 6.71. The summed E-state index contributed by atoms with van der Waals surface area (Å²) in [6.07, 6.45) is 0. The topological polar surface area (TPSA) is 35.5 Å². The number of carbonyl (C=O) groups is 1. The van der Waals surface area contributed by atoms with Gasteiger partial charge in [0.2, 0.25) is 0 Å². The number of hydrogen-bond donors (Lipinski definition) is 0. The van der Waals surface area contributed by atoms with Gasteiger partial charge in [-0.15, -0.1) is 0 Å². The normalized spacial score (nSPS) is 11.9. The molecule has 0 aliphatic carbocycles. The minimum Gasteiger partial charge on any atom is -0.467 e. The minimum absolute atomic E-state index is 0.0961. The zero-order chi connectivity index (χ0) is 17.7. The van der Waals surface area contributed by atoms with Crippen molar-refractivity contribution < 1.29 is 14.3 Å². The summed E-state index contributed by atoms with van der Waals surface area (Å²) in [6.45, 7) is 8.76. The number of hydrogen-bond acceptors (Lipinski definition) is 3. The first-order valence-corrected chi connectivity index (χ1v) is 12.5. The summed E-state index contributed by atoms with van der Waals surface area (Å²) >= 11 is 0. The van der Waals surface area contributed by atoms with Crippen LogP contribution in [0.4, 0.5) is 0 Å². The third-order valence-electron chi connectivity index (χ3n) is 3.72. The number of benzene rings is 2. The maximum atomic E-state index is 11.9. The Kier molecular flexibility index (Phi) is 6.33. The van der Waals surface area contributed by atoms with Gasteiger partial charge in [-0.05, 0) is 17.4 Å². The number of ether oxygens (including phenoxy) is 2. The standard InChI is InChI=1S/C19H25O3PSi/c1-14(20)15-9-6-7-10-16(15)23-17-11-8-12-18(24(3,4)5)19(17)22-13-21-2/h6-12,23H,13H2,1-5H3. The molecule has 0 N–H and O–H groups in total. The molecule has 0 saturated carbocycles. The molecule has 24 heavy (non-hydrogen) atoms. The van der Waals surface area contributed by atoms with Crippen molar-refractivity contribution in [3.63, 3.8) is 0 Å². The largest absolute Gasteiger partial charge is 0.467 e. The summed E-state index contributed by atoms with van der Waals surface area (Å²) in [5.74, 6) is 1.02. The van der Waals surface area contributed by atoms with E-state index in [2.05, 4.69) is 37.8 Å². The molecular weight excluding hydrogens is 335 g/mol. The van der Waals surface area contributed by atoms with E-state index in [1.165, 1.54) is 5.19 Å². The Balaban J connectivity index is 2.49. The minimum atomic E-state index is -1.55. The van der Waals surface area contributed by atoms with Gasteiger partial charge < -0.3 is 9.47 Å². The molecule has 0 spiro atoms. The molecule has 2 aromatic rings. The van der Waals surface area contributed by atoms with E-state index in [9.17, 15) is 4.79 Å². The molecule has 0 heterocycles. The molecule has 3 nitrogen and oxygen atoms in total. The SMILES string of the molecule is COCOc1c(Pc2ccccc2C(C)=O)cccc1[Si](C)(C)C. The maximum Gasteiger partial charge on any atom is 0.188 e. The molecule has 1 atom stereocenters. The summed E-state index contributed by atoms with van der Waals surface area (Å²) in [5, 5.41) is 3.46. The molecule has 0 fully saturated rings. The van der Waals surface area contributed by atoms with Crippen LogP contribution < -0.4 is 20.5 Å². The zero-order valence-electron chi connectivity index (χ0n) is 15.0. The molecule has 2 aromatic carbocycles. The third-order valence-corrected chi connectivity index (χ3v) is 7.10. The molecule has 0 bridgehead atoms. The number of carbonyl (C=O) groups excluding carboxylic acids is 1. The van der Waals surface area contributed by atoms with Crippen molar-refractivity contribution in [3.05, 3.63) is 48.0 Å². The summed E-state index contributed by atoms with van der Waals surface area (Å²) in [7, 11) is 0.449. The van der Waals surface area contributed by atoms with Gasteiger partial charge in [0.05, 0.1) is 8.07 Å². The lowest BCUT2D eigenvalue weighted by molar-refractivity contribution is 0.0526. The second-order valence-corrected chi connectivity index (χ2v) is 13.1. The van der Waals surface area contributed by atoms with Crippen molar-refractivity contribution in [3.8, 4) is 5.75 Å². The van der Waals surface area contributed by atoms with Gasteiger partial charge in [0.25, 0.3) is 0 Å². The van der Waals surface area contributed by atoms with E-state index in [1.807, 2.05) is 24.3 Å². The van der Waals surface area contributed by atoms with E-state index in [-0.39, 0.29) is 12.6 Å². The first-order chi connectivity index (χ1) is 11.3. The van der Waals surface area contributed by atoms with Crippen molar-refractivity contribution >= 4 is 38.2 Å². The predicted octanol–water partition coefficient (Wildman–Crippen LogP) is 3.05. The van der Waals surface area contributed by atoms with Crippen LogP contribution in [0.25, 0.3) is 0 Å². The monoisotopic (exact) mass is 360 g/mol. The Labute approximate surface area is 147 Å². The van der Waals surface area contributed by atoms with Crippen molar-refractivity contribution in [2.45, 2.75) is 26.6 Å². The van der Waals surface area contributed by atoms with Gasteiger partial charge in [-0.25, -0.2) is 0 Å². The number of rotatable bonds is 7. The molecule has 0 radical (unpaired) electrons. The molecule has 5 heteroatoms. The lowest BCUT2D eigenvalue weighted by Crippen LogP contribution is -2.40. The molecule has 0 aliphatic rings. The molecule has 0 aliphatic heterocycles. The Hall–Kier alpha value is -1.48. The average molecular weight is 360 g/mol. The molecule has 0 saturated heterocycles. The Morgan fingerprint density at radius 1 is 1.04 bits per heavy atom. The van der Waals surface area contributed by atoms with Crippen LogP contribution in [0.2, 0.25) is 19.6 Å². The van der Waals surface area contributed by atoms with Gasteiger partial charge in [0.15, 0.2) is 12.6 Å². The fourth-order valence-corrected chi connectivity index (χ4v) is 5.52. The van der Waals surface area contributed by atoms with Crippen molar-refractivity contribution in [1.29, 1.82) is 0 Å². The van der Waals surface area contributed by atoms with Gasteiger partial charge in [0.1, 0.15) is 5.75 Å². The number of ketones is 1. The van der Waals surface area contributed by atoms with E-state index in [0.29, 0.717) is 8.58 Å². The highest BCUT2D eigenvalue weighted by Gasteiger charge is 2.23. The van der Waals surface area contributed by atoms with E-state index in [0.717, 1.165) is 21.9 Å². The van der Waals surface area contributed by atoms with Crippen molar-refractivity contribution in [2.75, 3.05) is 13.9 Å². The van der Waals surface area contributed by atoms with Crippen LogP contribution in [-0.4, -0.2) is 27.8 Å². The van der Waals surface area contributed by atoms with E-state index in [4.69, 9.17) is 9.47 Å². The van der Waals surface area contributed by atoms with Gasteiger partial charge in [0, 0.05) is 18.0 Å². The average Bonchev–Trinajstić information content (AvgIpc) is 2.53.